The van der Waals surface area contributed by atoms with Gasteiger partial charge in [0, 0.05) is 19.5 Å². The van der Waals surface area contributed by atoms with Gasteiger partial charge in [-0.15, -0.1) is 6.92 Å². The van der Waals surface area contributed by atoms with Crippen molar-refractivity contribution >= 4 is 0 Å². The first kappa shape index (κ1) is 29.3. The zero-order valence-corrected chi connectivity index (χ0v) is 20.1. The molecule has 0 aliphatic rings. The molecule has 0 amide bonds. The Morgan fingerprint density at radius 2 is 1.31 bits per heavy atom. The molecule has 1 rings (SSSR count). The third kappa shape index (κ3) is 23.0. The second-order valence-electron chi connectivity index (χ2n) is 1.78. The van der Waals surface area contributed by atoms with Gasteiger partial charge in [-0.2, -0.15) is 5.69 Å². The van der Waals surface area contributed by atoms with Crippen molar-refractivity contribution < 1.29 is 19.5 Å². The summed E-state index contributed by atoms with van der Waals surface area (Å²) < 4.78 is 0. The van der Waals surface area contributed by atoms with Crippen LogP contribution < -0.4 is 0 Å². The SMILES string of the molecule is CC.CC.CC.Cc1[c-]cc(C)n[c-]1.[Rf].[Rh]. The summed E-state index contributed by atoms with van der Waals surface area (Å²) in [7, 11) is 0. The van der Waals surface area contributed by atoms with E-state index in [0.29, 0.717) is 0 Å². The molecule has 0 N–H and O–H groups in total. The van der Waals surface area contributed by atoms with Crippen LogP contribution in [0.15, 0.2) is 6.07 Å². The fraction of sp³-hybridized carbons (Fsp3) is 0.615. The molecule has 0 fully saturated rings. The molecule has 95 valence electrons. The topological polar surface area (TPSA) is 12.9 Å². The van der Waals surface area contributed by atoms with Gasteiger partial charge in [-0.3, -0.25) is 17.8 Å². The predicted molar refractivity (Wildman–Crippen MR) is 65.4 cm³/mol. The first-order valence-corrected chi connectivity index (χ1v) is 5.52. The molecule has 0 spiro atoms. The first-order valence-electron chi connectivity index (χ1n) is 5.52. The van der Waals surface area contributed by atoms with E-state index in [1.165, 1.54) is 0 Å². The van der Waals surface area contributed by atoms with Crippen molar-refractivity contribution in [2.45, 2.75) is 55.4 Å². The average Bonchev–Trinajstić information content (AvgIpc) is 2.31. The van der Waals surface area contributed by atoms with Gasteiger partial charge < -0.3 is 11.1 Å². The molecule has 1 nitrogen and oxygen atoms in total. The average molecular weight is 565 g/mol. The van der Waals surface area contributed by atoms with Crippen LogP contribution >= 0.6 is 0 Å². The third-order valence-electron chi connectivity index (χ3n) is 0.898. The Morgan fingerprint density at radius 1 is 0.938 bits per heavy atom. The fourth-order valence-corrected chi connectivity index (χ4v) is 0.449. The second-order valence-corrected chi connectivity index (χ2v) is 1.78. The number of hydrogen-bond donors (Lipinski definition) is 0. The smallest absolute Gasteiger partial charge is 0 e. The van der Waals surface area contributed by atoms with Crippen LogP contribution in [0.5, 0.6) is 0 Å². The molecule has 0 saturated carbocycles. The molecule has 1 aromatic rings. The van der Waals surface area contributed by atoms with Gasteiger partial charge in [-0.05, 0) is 0 Å². The van der Waals surface area contributed by atoms with Crippen LogP contribution in [0.4, 0.5) is 0 Å². The van der Waals surface area contributed by atoms with Crippen LogP contribution in [0.1, 0.15) is 52.8 Å². The van der Waals surface area contributed by atoms with E-state index in [2.05, 4.69) is 17.2 Å². The van der Waals surface area contributed by atoms with Gasteiger partial charge in [0.1, 0.15) is 0 Å². The molecule has 1 heterocycles. The molecule has 16 heavy (non-hydrogen) atoms. The maximum Gasteiger partial charge on any atom is 0 e. The van der Waals surface area contributed by atoms with Crippen molar-refractivity contribution in [1.29, 1.82) is 0 Å². The molecule has 0 aliphatic heterocycles. The number of aromatic nitrogens is 1. The van der Waals surface area contributed by atoms with Crippen LogP contribution in [0.2, 0.25) is 0 Å². The monoisotopic (exact) mass is 565 g/mol. The fourth-order valence-electron chi connectivity index (χ4n) is 0.449. The third-order valence-corrected chi connectivity index (χ3v) is 0.898. The van der Waals surface area contributed by atoms with Gasteiger partial charge in [0.25, 0.3) is 0 Å². The molecule has 0 atom stereocenters. The van der Waals surface area contributed by atoms with Gasteiger partial charge in [-0.25, -0.2) is 0 Å². The largest absolute Gasteiger partial charge is 0.525 e. The van der Waals surface area contributed by atoms with E-state index in [0.717, 1.165) is 11.3 Å². The molecule has 3 heteroatoms. The summed E-state index contributed by atoms with van der Waals surface area (Å²) >= 11 is 0. The summed E-state index contributed by atoms with van der Waals surface area (Å²) in [6.45, 7) is 15.8. The molecule has 0 saturated heterocycles. The summed E-state index contributed by atoms with van der Waals surface area (Å²) in [5, 5.41) is 0. The Morgan fingerprint density at radius 3 is 1.50 bits per heavy atom. The minimum atomic E-state index is 0. The molecular formula is C13H25NRfRh-2. The second kappa shape index (κ2) is 29.2. The first-order chi connectivity index (χ1) is 6.79. The van der Waals surface area contributed by atoms with Crippen molar-refractivity contribution in [3.8, 4) is 0 Å². The Bertz CT molecular complexity index is 155. The number of pyridine rings is 1. The molecular weight excluding hydrogens is 540 g/mol. The normalized spacial score (nSPS) is 5.75. The zero-order chi connectivity index (χ0) is 12.0. The van der Waals surface area contributed by atoms with Gasteiger partial charge in [0.15, 0.2) is 0 Å². The number of rotatable bonds is 0. The summed E-state index contributed by atoms with van der Waals surface area (Å²) in [6.07, 6.45) is 2.79. The van der Waals surface area contributed by atoms with E-state index in [1.54, 1.807) is 0 Å². The van der Waals surface area contributed by atoms with E-state index in [1.807, 2.05) is 61.5 Å². The van der Waals surface area contributed by atoms with E-state index in [9.17, 15) is 0 Å². The molecule has 0 aliphatic carbocycles. The molecule has 0 bridgehead atoms. The van der Waals surface area contributed by atoms with Crippen molar-refractivity contribution in [3.63, 3.8) is 0 Å². The van der Waals surface area contributed by atoms with E-state index >= 15 is 0 Å². The van der Waals surface area contributed by atoms with Crippen LogP contribution in [0.3, 0.4) is 0 Å². The predicted octanol–water partition coefficient (Wildman–Crippen LogP) is 4.37. The van der Waals surface area contributed by atoms with Crippen molar-refractivity contribution in [2.75, 3.05) is 0 Å². The van der Waals surface area contributed by atoms with Crippen LogP contribution in [-0.4, -0.2) is 4.98 Å². The molecule has 1 aromatic heterocycles. The Balaban J connectivity index is -0.0000000445. The maximum atomic E-state index is 3.92. The van der Waals surface area contributed by atoms with Crippen molar-refractivity contribution in [2.24, 2.45) is 0 Å². The standard InChI is InChI=1S/C7H7N.3C2H6.Rf.Rh/c1-6-3-4-7(2)8-5-6;3*1-2;;/h4H,1-2H3;3*1-2H3;;/q-2;;;;;. The number of aryl methyl sites for hydroxylation is 2. The quantitative estimate of drug-likeness (QED) is 0.337. The van der Waals surface area contributed by atoms with Crippen LogP contribution in [0.25, 0.3) is 0 Å². The van der Waals surface area contributed by atoms with Crippen molar-refractivity contribution in [1.82, 2.24) is 4.98 Å². The number of nitrogens with zero attached hydrogens (tertiary/aromatic N) is 1. The summed E-state index contributed by atoms with van der Waals surface area (Å²) in [5.74, 6) is 0. The van der Waals surface area contributed by atoms with Gasteiger partial charge >= 0.3 is 0 Å². The van der Waals surface area contributed by atoms with E-state index < -0.39 is 0 Å². The maximum absolute atomic E-state index is 3.92. The Kier molecular flexibility index (Phi) is 53.5. The van der Waals surface area contributed by atoms with Gasteiger partial charge in [0.2, 0.25) is 0 Å². The van der Waals surface area contributed by atoms with Crippen LogP contribution in [-0.2, 0) is 19.5 Å². The summed E-state index contributed by atoms with van der Waals surface area (Å²) in [5.41, 5.74) is 1.94. The Hall–Kier alpha value is -1.23. The Labute approximate surface area is 109 Å². The van der Waals surface area contributed by atoms with E-state index in [-0.39, 0.29) is 19.5 Å². The zero-order valence-electron chi connectivity index (χ0n) is 12.1. The minimum absolute atomic E-state index is 0. The van der Waals surface area contributed by atoms with Gasteiger partial charge in [0.05, 0.1) is 0 Å². The molecule has 0 unspecified atom stereocenters. The van der Waals surface area contributed by atoms with Crippen LogP contribution in [0, 0.1) is 26.1 Å². The van der Waals surface area contributed by atoms with Crippen molar-refractivity contribution in [3.05, 3.63) is 29.6 Å². The van der Waals surface area contributed by atoms with E-state index in [4.69, 9.17) is 0 Å². The summed E-state index contributed by atoms with van der Waals surface area (Å²) in [4.78, 5) is 3.92. The summed E-state index contributed by atoms with van der Waals surface area (Å²) in [6, 6.07) is 4.83. The minimum Gasteiger partial charge on any atom is -0.525 e. The number of hydrogen-bond acceptors (Lipinski definition) is 1. The molecule has 0 aromatic carbocycles. The van der Waals surface area contributed by atoms with Gasteiger partial charge in [-0.1, -0.05) is 48.5 Å². The molecule has 1 radical (unpaired) electrons.